The SMILES string of the molecule is Cc1cccc(CSCC2CNC2)n1. The van der Waals surface area contributed by atoms with Crippen molar-refractivity contribution in [1.29, 1.82) is 0 Å². The molecule has 1 aromatic heterocycles. The Labute approximate surface area is 89.5 Å². The van der Waals surface area contributed by atoms with E-state index in [1.165, 1.54) is 24.5 Å². The van der Waals surface area contributed by atoms with Crippen molar-refractivity contribution in [2.24, 2.45) is 5.92 Å². The Morgan fingerprint density at radius 2 is 2.36 bits per heavy atom. The van der Waals surface area contributed by atoms with Crippen molar-refractivity contribution >= 4 is 11.8 Å². The van der Waals surface area contributed by atoms with Crippen molar-refractivity contribution in [1.82, 2.24) is 10.3 Å². The molecule has 0 saturated carbocycles. The third-order valence-electron chi connectivity index (χ3n) is 2.42. The average Bonchev–Trinajstić information content (AvgIpc) is 2.09. The minimum absolute atomic E-state index is 0.893. The minimum Gasteiger partial charge on any atom is -0.316 e. The van der Waals surface area contributed by atoms with Gasteiger partial charge in [-0.2, -0.15) is 11.8 Å². The fourth-order valence-electron chi connectivity index (χ4n) is 1.48. The molecule has 0 bridgehead atoms. The van der Waals surface area contributed by atoms with Crippen LogP contribution in [0.2, 0.25) is 0 Å². The molecule has 0 radical (unpaired) electrons. The summed E-state index contributed by atoms with van der Waals surface area (Å²) in [7, 11) is 0. The maximum Gasteiger partial charge on any atom is 0.0505 e. The van der Waals surface area contributed by atoms with E-state index < -0.39 is 0 Å². The third-order valence-corrected chi connectivity index (χ3v) is 3.62. The van der Waals surface area contributed by atoms with Crippen LogP contribution in [0.15, 0.2) is 18.2 Å². The van der Waals surface area contributed by atoms with Crippen molar-refractivity contribution < 1.29 is 0 Å². The lowest BCUT2D eigenvalue weighted by Gasteiger charge is -2.26. The van der Waals surface area contributed by atoms with Gasteiger partial charge in [-0.05, 0) is 43.8 Å². The first kappa shape index (κ1) is 9.99. The van der Waals surface area contributed by atoms with E-state index in [0.717, 1.165) is 17.4 Å². The summed E-state index contributed by atoms with van der Waals surface area (Å²) in [5.41, 5.74) is 2.33. The van der Waals surface area contributed by atoms with Crippen LogP contribution in [0.3, 0.4) is 0 Å². The van der Waals surface area contributed by atoms with Crippen molar-refractivity contribution in [2.45, 2.75) is 12.7 Å². The van der Waals surface area contributed by atoms with Gasteiger partial charge in [-0.3, -0.25) is 4.98 Å². The van der Waals surface area contributed by atoms with Crippen molar-refractivity contribution in [3.63, 3.8) is 0 Å². The third kappa shape index (κ3) is 2.72. The Morgan fingerprint density at radius 1 is 1.50 bits per heavy atom. The second kappa shape index (κ2) is 4.80. The van der Waals surface area contributed by atoms with Gasteiger partial charge in [0.05, 0.1) is 5.69 Å². The number of hydrogen-bond acceptors (Lipinski definition) is 3. The van der Waals surface area contributed by atoms with E-state index in [0.29, 0.717) is 0 Å². The van der Waals surface area contributed by atoms with E-state index in [1.807, 2.05) is 24.8 Å². The van der Waals surface area contributed by atoms with Crippen molar-refractivity contribution in [3.05, 3.63) is 29.6 Å². The molecule has 3 heteroatoms. The molecule has 76 valence electrons. The summed E-state index contributed by atoms with van der Waals surface area (Å²) in [6.45, 7) is 4.45. The summed E-state index contributed by atoms with van der Waals surface area (Å²) in [5, 5.41) is 3.29. The highest BCUT2D eigenvalue weighted by Crippen LogP contribution is 2.16. The Kier molecular flexibility index (Phi) is 3.43. The molecule has 0 aromatic carbocycles. The number of pyridine rings is 1. The standard InChI is InChI=1S/C11H16N2S/c1-9-3-2-4-11(13-9)8-14-7-10-5-12-6-10/h2-4,10,12H,5-8H2,1H3. The van der Waals surface area contributed by atoms with Crippen LogP contribution >= 0.6 is 11.8 Å². The van der Waals surface area contributed by atoms with E-state index in [9.17, 15) is 0 Å². The molecule has 1 aliphatic rings. The van der Waals surface area contributed by atoms with Gasteiger partial charge < -0.3 is 5.32 Å². The Bertz CT molecular complexity index is 297. The fourth-order valence-corrected chi connectivity index (χ4v) is 2.53. The Hall–Kier alpha value is -0.540. The van der Waals surface area contributed by atoms with Crippen molar-refractivity contribution in [2.75, 3.05) is 18.8 Å². The number of aryl methyl sites for hydroxylation is 1. The molecule has 0 aliphatic carbocycles. The van der Waals surface area contributed by atoms with E-state index >= 15 is 0 Å². The lowest BCUT2D eigenvalue weighted by molar-refractivity contribution is 0.385. The predicted octanol–water partition coefficient (Wildman–Crippen LogP) is 1.84. The van der Waals surface area contributed by atoms with Gasteiger partial charge in [0.2, 0.25) is 0 Å². The Balaban J connectivity index is 1.74. The molecule has 2 nitrogen and oxygen atoms in total. The monoisotopic (exact) mass is 208 g/mol. The topological polar surface area (TPSA) is 24.9 Å². The number of thioether (sulfide) groups is 1. The number of nitrogens with one attached hydrogen (secondary N) is 1. The molecule has 1 saturated heterocycles. The maximum absolute atomic E-state index is 4.48. The minimum atomic E-state index is 0.893. The van der Waals surface area contributed by atoms with Crippen LogP contribution in [0.25, 0.3) is 0 Å². The molecule has 1 fully saturated rings. The molecule has 14 heavy (non-hydrogen) atoms. The molecule has 1 aliphatic heterocycles. The van der Waals surface area contributed by atoms with Gasteiger partial charge in [0.15, 0.2) is 0 Å². The lowest BCUT2D eigenvalue weighted by atomic mass is 10.1. The van der Waals surface area contributed by atoms with Crippen LogP contribution in [0.1, 0.15) is 11.4 Å². The Morgan fingerprint density at radius 3 is 3.00 bits per heavy atom. The average molecular weight is 208 g/mol. The first-order chi connectivity index (χ1) is 6.84. The molecule has 1 N–H and O–H groups in total. The molecule has 2 rings (SSSR count). The van der Waals surface area contributed by atoms with E-state index in [4.69, 9.17) is 0 Å². The van der Waals surface area contributed by atoms with Crippen LogP contribution in [-0.2, 0) is 5.75 Å². The van der Waals surface area contributed by atoms with Crippen LogP contribution in [0.5, 0.6) is 0 Å². The quantitative estimate of drug-likeness (QED) is 0.817. The molecule has 1 aromatic rings. The molecular formula is C11H16N2S. The van der Waals surface area contributed by atoms with E-state index in [-0.39, 0.29) is 0 Å². The zero-order chi connectivity index (χ0) is 9.80. The lowest BCUT2D eigenvalue weighted by Crippen LogP contribution is -2.43. The fraction of sp³-hybridized carbons (Fsp3) is 0.545. The summed E-state index contributed by atoms with van der Waals surface area (Å²) in [5.74, 6) is 3.21. The number of nitrogens with zero attached hydrogens (tertiary/aromatic N) is 1. The normalized spacial score (nSPS) is 16.6. The van der Waals surface area contributed by atoms with E-state index in [2.05, 4.69) is 22.4 Å². The van der Waals surface area contributed by atoms with Crippen molar-refractivity contribution in [3.8, 4) is 0 Å². The summed E-state index contributed by atoms with van der Waals surface area (Å²) < 4.78 is 0. The van der Waals surface area contributed by atoms with Gasteiger partial charge in [-0.15, -0.1) is 0 Å². The first-order valence-electron chi connectivity index (χ1n) is 5.05. The van der Waals surface area contributed by atoms with Crippen LogP contribution in [-0.4, -0.2) is 23.8 Å². The molecule has 0 amide bonds. The zero-order valence-corrected chi connectivity index (χ0v) is 9.31. The maximum atomic E-state index is 4.48. The zero-order valence-electron chi connectivity index (χ0n) is 8.49. The highest BCUT2D eigenvalue weighted by Gasteiger charge is 2.15. The summed E-state index contributed by atoms with van der Waals surface area (Å²) in [6.07, 6.45) is 0. The summed E-state index contributed by atoms with van der Waals surface area (Å²) in [4.78, 5) is 4.48. The van der Waals surface area contributed by atoms with Crippen LogP contribution < -0.4 is 5.32 Å². The predicted molar refractivity (Wildman–Crippen MR) is 61.5 cm³/mol. The smallest absolute Gasteiger partial charge is 0.0505 e. The highest BCUT2D eigenvalue weighted by atomic mass is 32.2. The molecule has 0 atom stereocenters. The van der Waals surface area contributed by atoms with Crippen LogP contribution in [0, 0.1) is 12.8 Å². The second-order valence-electron chi connectivity index (χ2n) is 3.81. The number of hydrogen-bond donors (Lipinski definition) is 1. The molecule has 2 heterocycles. The first-order valence-corrected chi connectivity index (χ1v) is 6.21. The van der Waals surface area contributed by atoms with Gasteiger partial charge in [-0.25, -0.2) is 0 Å². The second-order valence-corrected chi connectivity index (χ2v) is 4.84. The van der Waals surface area contributed by atoms with Gasteiger partial charge in [0.1, 0.15) is 0 Å². The molecule has 0 unspecified atom stereocenters. The van der Waals surface area contributed by atoms with Gasteiger partial charge in [-0.1, -0.05) is 6.07 Å². The molecular weight excluding hydrogens is 192 g/mol. The number of rotatable bonds is 4. The van der Waals surface area contributed by atoms with Crippen LogP contribution in [0.4, 0.5) is 0 Å². The molecule has 0 spiro atoms. The largest absolute Gasteiger partial charge is 0.316 e. The van der Waals surface area contributed by atoms with E-state index in [1.54, 1.807) is 0 Å². The summed E-state index contributed by atoms with van der Waals surface area (Å²) >= 11 is 2.00. The summed E-state index contributed by atoms with van der Waals surface area (Å²) in [6, 6.07) is 6.24. The van der Waals surface area contributed by atoms with Gasteiger partial charge >= 0.3 is 0 Å². The highest BCUT2D eigenvalue weighted by molar-refractivity contribution is 7.98. The van der Waals surface area contributed by atoms with Gasteiger partial charge in [0.25, 0.3) is 0 Å². The number of aromatic nitrogens is 1. The van der Waals surface area contributed by atoms with Gasteiger partial charge in [0, 0.05) is 11.4 Å².